The van der Waals surface area contributed by atoms with E-state index in [1.807, 2.05) is 0 Å². The van der Waals surface area contributed by atoms with Crippen molar-refractivity contribution < 1.29 is 29.4 Å². The fraction of sp³-hybridized carbons (Fsp3) is 0. The minimum Gasteiger partial charge on any atom is -0.545 e. The third-order valence-electron chi connectivity index (χ3n) is 1.01. The molecular formula is C7H5O2Rh+. The van der Waals surface area contributed by atoms with Gasteiger partial charge in [0, 0.05) is 0 Å². The van der Waals surface area contributed by atoms with E-state index in [0.29, 0.717) is 0 Å². The maximum absolute atomic E-state index is 10.1. The van der Waals surface area contributed by atoms with Gasteiger partial charge in [-0.3, -0.25) is 0 Å². The van der Waals surface area contributed by atoms with Gasteiger partial charge < -0.3 is 9.90 Å². The zero-order valence-corrected chi connectivity index (χ0v) is 6.68. The van der Waals surface area contributed by atoms with E-state index in [-0.39, 0.29) is 25.0 Å². The molecule has 53 valence electrons. The van der Waals surface area contributed by atoms with E-state index in [1.54, 1.807) is 18.2 Å². The summed E-state index contributed by atoms with van der Waals surface area (Å²) >= 11 is 0. The van der Waals surface area contributed by atoms with Crippen LogP contribution < -0.4 is 5.11 Å². The smallest absolute Gasteiger partial charge is 0.545 e. The minimum absolute atomic E-state index is 0. The van der Waals surface area contributed by atoms with Crippen LogP contribution >= 0.6 is 0 Å². The Labute approximate surface area is 71.6 Å². The Morgan fingerprint density at radius 2 is 1.70 bits per heavy atom. The number of benzene rings is 1. The van der Waals surface area contributed by atoms with Crippen molar-refractivity contribution in [3.05, 3.63) is 35.9 Å². The summed E-state index contributed by atoms with van der Waals surface area (Å²) in [6.45, 7) is 0. The first-order valence-electron chi connectivity index (χ1n) is 2.57. The number of hydrogen-bond acceptors (Lipinski definition) is 2. The average molecular weight is 224 g/mol. The van der Waals surface area contributed by atoms with Gasteiger partial charge in [-0.2, -0.15) is 0 Å². The molecule has 0 amide bonds. The molecule has 0 atom stereocenters. The quantitative estimate of drug-likeness (QED) is 0.632. The monoisotopic (exact) mass is 224 g/mol. The summed E-state index contributed by atoms with van der Waals surface area (Å²) in [5.74, 6) is -1.13. The summed E-state index contributed by atoms with van der Waals surface area (Å²) in [6, 6.07) is 8.06. The van der Waals surface area contributed by atoms with Crippen LogP contribution in [0.3, 0.4) is 0 Å². The molecule has 0 aliphatic carbocycles. The second-order valence-electron chi connectivity index (χ2n) is 1.65. The molecule has 1 aromatic rings. The van der Waals surface area contributed by atoms with Gasteiger partial charge in [0.1, 0.15) is 0 Å². The fourth-order valence-corrected chi connectivity index (χ4v) is 0.574. The van der Waals surface area contributed by atoms with Crippen molar-refractivity contribution in [3.8, 4) is 0 Å². The SMILES string of the molecule is O=C([O-])c1ccccc1.[Rh+2]. The van der Waals surface area contributed by atoms with Gasteiger partial charge in [0.15, 0.2) is 0 Å². The number of aromatic carboxylic acids is 1. The molecule has 0 N–H and O–H groups in total. The fourth-order valence-electron chi connectivity index (χ4n) is 0.574. The molecule has 0 bridgehead atoms. The number of carboxylic acids is 1. The van der Waals surface area contributed by atoms with Crippen LogP contribution in [-0.4, -0.2) is 5.97 Å². The van der Waals surface area contributed by atoms with Crippen molar-refractivity contribution in [2.45, 2.75) is 0 Å². The summed E-state index contributed by atoms with van der Waals surface area (Å²) in [5.41, 5.74) is 0.220. The standard InChI is InChI=1S/C7H6O2.Rh/c8-7(9)6-4-2-1-3-5-6;/h1-5H,(H,8,9);/q;+2/p-1. The normalized spacial score (nSPS) is 8.00. The molecule has 10 heavy (non-hydrogen) atoms. The Hall–Kier alpha value is -0.687. The first-order valence-corrected chi connectivity index (χ1v) is 2.57. The Bertz CT molecular complexity index is 208. The molecule has 0 aliphatic rings. The van der Waals surface area contributed by atoms with Crippen LogP contribution in [0.1, 0.15) is 10.4 Å². The molecule has 3 heteroatoms. The van der Waals surface area contributed by atoms with Crippen LogP contribution in [-0.2, 0) is 19.5 Å². The predicted molar refractivity (Wildman–Crippen MR) is 30.8 cm³/mol. The largest absolute Gasteiger partial charge is 2.00 e. The Morgan fingerprint density at radius 3 is 2.00 bits per heavy atom. The Morgan fingerprint density at radius 1 is 1.20 bits per heavy atom. The maximum Gasteiger partial charge on any atom is 2.00 e. The van der Waals surface area contributed by atoms with Gasteiger partial charge >= 0.3 is 19.5 Å². The molecule has 1 aromatic carbocycles. The molecule has 0 aliphatic heterocycles. The molecule has 0 spiro atoms. The van der Waals surface area contributed by atoms with Crippen LogP contribution in [0.2, 0.25) is 0 Å². The van der Waals surface area contributed by atoms with E-state index in [4.69, 9.17) is 0 Å². The van der Waals surface area contributed by atoms with Crippen LogP contribution in [0.25, 0.3) is 0 Å². The van der Waals surface area contributed by atoms with Gasteiger partial charge in [0.25, 0.3) is 0 Å². The van der Waals surface area contributed by atoms with Crippen molar-refractivity contribution in [2.24, 2.45) is 0 Å². The minimum atomic E-state index is -1.13. The number of carboxylic acid groups (broad SMARTS) is 1. The van der Waals surface area contributed by atoms with Gasteiger partial charge in [-0.15, -0.1) is 0 Å². The second kappa shape index (κ2) is 4.18. The van der Waals surface area contributed by atoms with E-state index >= 15 is 0 Å². The third kappa shape index (κ3) is 2.28. The average Bonchev–Trinajstić information content (AvgIpc) is 1.90. The van der Waals surface area contributed by atoms with Crippen molar-refractivity contribution >= 4 is 5.97 Å². The van der Waals surface area contributed by atoms with E-state index in [0.717, 1.165) is 0 Å². The molecule has 0 unspecified atom stereocenters. The van der Waals surface area contributed by atoms with Gasteiger partial charge in [-0.25, -0.2) is 0 Å². The zero-order valence-electron chi connectivity index (χ0n) is 5.04. The molecular weight excluding hydrogens is 219 g/mol. The van der Waals surface area contributed by atoms with Crippen LogP contribution in [0, 0.1) is 0 Å². The van der Waals surface area contributed by atoms with Crippen molar-refractivity contribution in [3.63, 3.8) is 0 Å². The van der Waals surface area contributed by atoms with E-state index in [9.17, 15) is 9.90 Å². The van der Waals surface area contributed by atoms with Crippen molar-refractivity contribution in [1.29, 1.82) is 0 Å². The number of carbonyl (C=O) groups excluding carboxylic acids is 1. The molecule has 0 heterocycles. The van der Waals surface area contributed by atoms with Crippen LogP contribution in [0.4, 0.5) is 0 Å². The summed E-state index contributed by atoms with van der Waals surface area (Å²) in [6.07, 6.45) is 0. The summed E-state index contributed by atoms with van der Waals surface area (Å²) < 4.78 is 0. The topological polar surface area (TPSA) is 40.1 Å². The molecule has 2 nitrogen and oxygen atoms in total. The number of hydrogen-bond donors (Lipinski definition) is 0. The summed E-state index contributed by atoms with van der Waals surface area (Å²) in [7, 11) is 0. The number of rotatable bonds is 1. The van der Waals surface area contributed by atoms with Gasteiger partial charge in [-0.1, -0.05) is 30.3 Å². The van der Waals surface area contributed by atoms with E-state index in [2.05, 4.69) is 0 Å². The zero-order chi connectivity index (χ0) is 6.69. The summed E-state index contributed by atoms with van der Waals surface area (Å²) in [5, 5.41) is 10.1. The van der Waals surface area contributed by atoms with Crippen molar-refractivity contribution in [1.82, 2.24) is 0 Å². The molecule has 0 aromatic heterocycles. The van der Waals surface area contributed by atoms with E-state index in [1.165, 1.54) is 12.1 Å². The molecule has 1 rings (SSSR count). The predicted octanol–water partition coefficient (Wildman–Crippen LogP) is 0.0476. The maximum atomic E-state index is 10.1. The first kappa shape index (κ1) is 9.31. The molecule has 0 saturated heterocycles. The molecule has 0 saturated carbocycles. The molecule has 0 fully saturated rings. The van der Waals surface area contributed by atoms with Crippen molar-refractivity contribution in [2.75, 3.05) is 0 Å². The third-order valence-corrected chi connectivity index (χ3v) is 1.01. The van der Waals surface area contributed by atoms with Gasteiger partial charge in [-0.05, 0) is 5.56 Å². The number of carbonyl (C=O) groups is 1. The van der Waals surface area contributed by atoms with Gasteiger partial charge in [0.2, 0.25) is 0 Å². The second-order valence-corrected chi connectivity index (χ2v) is 1.65. The van der Waals surface area contributed by atoms with Crippen LogP contribution in [0.15, 0.2) is 30.3 Å². The van der Waals surface area contributed by atoms with Crippen LogP contribution in [0.5, 0.6) is 0 Å². The van der Waals surface area contributed by atoms with Gasteiger partial charge in [0.05, 0.1) is 5.97 Å². The Balaban J connectivity index is 0.000000810. The first-order chi connectivity index (χ1) is 4.30. The molecule has 1 radical (unpaired) electrons. The van der Waals surface area contributed by atoms with E-state index < -0.39 is 5.97 Å². The summed E-state index contributed by atoms with van der Waals surface area (Å²) in [4.78, 5) is 10.1. The Kier molecular flexibility index (Phi) is 3.89.